The summed E-state index contributed by atoms with van der Waals surface area (Å²) >= 11 is 0. The van der Waals surface area contributed by atoms with E-state index in [9.17, 15) is 10.1 Å². The van der Waals surface area contributed by atoms with E-state index in [-0.39, 0.29) is 17.9 Å². The Morgan fingerprint density at radius 3 is 2.27 bits per heavy atom. The molecule has 138 valence electrons. The zero-order valence-electron chi connectivity index (χ0n) is 15.4. The molecule has 4 aliphatic rings. The molecule has 0 saturated heterocycles. The normalized spacial score (nSPS) is 32.8. The highest BCUT2D eigenvalue weighted by atomic mass is 16.2. The molecule has 2 N–H and O–H groups in total. The Balaban J connectivity index is 1.46. The van der Waals surface area contributed by atoms with Crippen molar-refractivity contribution in [2.45, 2.75) is 51.0 Å². The van der Waals surface area contributed by atoms with Gasteiger partial charge in [0.15, 0.2) is 0 Å². The highest BCUT2D eigenvalue weighted by Gasteiger charge is 2.55. The zero-order valence-corrected chi connectivity index (χ0v) is 15.4. The van der Waals surface area contributed by atoms with Crippen LogP contribution in [0.3, 0.4) is 0 Å². The van der Waals surface area contributed by atoms with Gasteiger partial charge in [-0.15, -0.1) is 0 Å². The van der Waals surface area contributed by atoms with Gasteiger partial charge in [0, 0.05) is 6.54 Å². The molecule has 1 atom stereocenters. The molecule has 5 rings (SSSR count). The fourth-order valence-electron chi connectivity index (χ4n) is 6.28. The standard InChI is InChI=1S/C22H29N3O/c23-7-9-25(8-6-16-4-2-1-3-5-16)21(26)20(24)22-13-17-10-18(14-22)12-19(11-17)15-22/h1-5,17-20H,6,8-15,24H2. The number of amides is 1. The lowest BCUT2D eigenvalue weighted by Gasteiger charge is -2.58. The highest BCUT2D eigenvalue weighted by molar-refractivity contribution is 5.83. The van der Waals surface area contributed by atoms with Gasteiger partial charge in [-0.1, -0.05) is 30.3 Å². The molecule has 4 heteroatoms. The van der Waals surface area contributed by atoms with Crippen LogP contribution in [0.15, 0.2) is 30.3 Å². The first-order valence-electron chi connectivity index (χ1n) is 10.0. The number of nitriles is 1. The monoisotopic (exact) mass is 351 g/mol. The average molecular weight is 351 g/mol. The average Bonchev–Trinajstić information content (AvgIpc) is 2.63. The fourth-order valence-corrected chi connectivity index (χ4v) is 6.28. The van der Waals surface area contributed by atoms with Gasteiger partial charge < -0.3 is 10.6 Å². The lowest BCUT2D eigenvalue weighted by molar-refractivity contribution is -0.142. The predicted molar refractivity (Wildman–Crippen MR) is 101 cm³/mol. The summed E-state index contributed by atoms with van der Waals surface area (Å²) < 4.78 is 0. The second kappa shape index (κ2) is 7.04. The Hall–Kier alpha value is -1.86. The Labute approximate surface area is 156 Å². The van der Waals surface area contributed by atoms with Crippen molar-refractivity contribution in [3.63, 3.8) is 0 Å². The molecule has 0 heterocycles. The number of nitrogens with zero attached hydrogens (tertiary/aromatic N) is 2. The summed E-state index contributed by atoms with van der Waals surface area (Å²) in [6, 6.07) is 11.9. The van der Waals surface area contributed by atoms with E-state index in [1.807, 2.05) is 18.2 Å². The van der Waals surface area contributed by atoms with Gasteiger partial charge in [0.2, 0.25) is 5.91 Å². The minimum Gasteiger partial charge on any atom is -0.328 e. The van der Waals surface area contributed by atoms with Crippen LogP contribution in [-0.4, -0.2) is 29.9 Å². The van der Waals surface area contributed by atoms with Crippen molar-refractivity contribution in [3.05, 3.63) is 35.9 Å². The van der Waals surface area contributed by atoms with Crippen LogP contribution in [0, 0.1) is 34.5 Å². The smallest absolute Gasteiger partial charge is 0.240 e. The second-order valence-electron chi connectivity index (χ2n) is 8.91. The van der Waals surface area contributed by atoms with Crippen LogP contribution in [0.4, 0.5) is 0 Å². The van der Waals surface area contributed by atoms with E-state index in [1.165, 1.54) is 24.8 Å². The minimum atomic E-state index is -0.444. The topological polar surface area (TPSA) is 70.1 Å². The van der Waals surface area contributed by atoms with E-state index >= 15 is 0 Å². The first kappa shape index (κ1) is 17.5. The van der Waals surface area contributed by atoms with Gasteiger partial charge >= 0.3 is 0 Å². The molecule has 1 aromatic carbocycles. The number of hydrogen-bond acceptors (Lipinski definition) is 3. The maximum atomic E-state index is 13.2. The first-order chi connectivity index (χ1) is 12.6. The largest absolute Gasteiger partial charge is 0.328 e. The number of benzene rings is 1. The van der Waals surface area contributed by atoms with Gasteiger partial charge in [0.1, 0.15) is 6.54 Å². The van der Waals surface area contributed by atoms with Crippen LogP contribution < -0.4 is 5.73 Å². The van der Waals surface area contributed by atoms with Gasteiger partial charge in [-0.25, -0.2) is 0 Å². The highest BCUT2D eigenvalue weighted by Crippen LogP contribution is 2.61. The van der Waals surface area contributed by atoms with Gasteiger partial charge in [-0.3, -0.25) is 4.79 Å². The Morgan fingerprint density at radius 2 is 1.73 bits per heavy atom. The summed E-state index contributed by atoms with van der Waals surface area (Å²) in [5, 5.41) is 9.21. The number of carbonyl (C=O) groups is 1. The van der Waals surface area contributed by atoms with Crippen molar-refractivity contribution in [2.75, 3.05) is 13.1 Å². The zero-order chi connectivity index (χ0) is 18.1. The molecule has 0 aliphatic heterocycles. The van der Waals surface area contributed by atoms with E-state index in [1.54, 1.807) is 4.90 Å². The van der Waals surface area contributed by atoms with Crippen molar-refractivity contribution in [1.29, 1.82) is 5.26 Å². The third kappa shape index (κ3) is 3.25. The number of rotatable bonds is 6. The lowest BCUT2D eigenvalue weighted by Crippen LogP contribution is -2.60. The lowest BCUT2D eigenvalue weighted by atomic mass is 9.47. The molecule has 4 bridgehead atoms. The molecule has 1 amide bonds. The summed E-state index contributed by atoms with van der Waals surface area (Å²) in [5.41, 5.74) is 7.79. The van der Waals surface area contributed by atoms with E-state index < -0.39 is 6.04 Å². The number of hydrogen-bond donors (Lipinski definition) is 1. The summed E-state index contributed by atoms with van der Waals surface area (Å²) in [7, 11) is 0. The van der Waals surface area contributed by atoms with E-state index in [0.717, 1.165) is 43.4 Å². The number of nitrogens with two attached hydrogens (primary N) is 1. The van der Waals surface area contributed by atoms with Gasteiger partial charge in [-0.2, -0.15) is 5.26 Å². The SMILES string of the molecule is N#CCN(CCc1ccccc1)C(=O)C(N)C12CC3CC(CC(C3)C1)C2. The van der Waals surface area contributed by atoms with Crippen molar-refractivity contribution in [3.8, 4) is 6.07 Å². The third-order valence-electron chi connectivity index (χ3n) is 7.10. The van der Waals surface area contributed by atoms with Crippen molar-refractivity contribution < 1.29 is 4.79 Å². The van der Waals surface area contributed by atoms with Crippen LogP contribution in [0.5, 0.6) is 0 Å². The van der Waals surface area contributed by atoms with Crippen LogP contribution in [0.1, 0.15) is 44.1 Å². The van der Waals surface area contributed by atoms with Crippen molar-refractivity contribution in [1.82, 2.24) is 4.90 Å². The van der Waals surface area contributed by atoms with Gasteiger partial charge in [0.05, 0.1) is 12.1 Å². The molecule has 1 aromatic rings. The molecular formula is C22H29N3O. The van der Waals surface area contributed by atoms with E-state index in [0.29, 0.717) is 6.54 Å². The maximum Gasteiger partial charge on any atom is 0.240 e. The van der Waals surface area contributed by atoms with E-state index in [2.05, 4.69) is 18.2 Å². The summed E-state index contributed by atoms with van der Waals surface area (Å²) in [5.74, 6) is 2.31. The maximum absolute atomic E-state index is 13.2. The van der Waals surface area contributed by atoms with Crippen LogP contribution in [0.25, 0.3) is 0 Å². The fraction of sp³-hybridized carbons (Fsp3) is 0.636. The first-order valence-corrected chi connectivity index (χ1v) is 10.0. The van der Waals surface area contributed by atoms with Crippen LogP contribution in [-0.2, 0) is 11.2 Å². The summed E-state index contributed by atoms with van der Waals surface area (Å²) in [6.45, 7) is 0.697. The Morgan fingerprint density at radius 1 is 1.15 bits per heavy atom. The van der Waals surface area contributed by atoms with Crippen molar-refractivity contribution >= 4 is 5.91 Å². The molecule has 0 radical (unpaired) electrons. The molecule has 0 aromatic heterocycles. The minimum absolute atomic E-state index is 0.00765. The predicted octanol–water partition coefficient (Wildman–Crippen LogP) is 3.12. The summed E-state index contributed by atoms with van der Waals surface area (Å²) in [4.78, 5) is 14.9. The molecule has 0 spiro atoms. The second-order valence-corrected chi connectivity index (χ2v) is 8.91. The van der Waals surface area contributed by atoms with Crippen molar-refractivity contribution in [2.24, 2.45) is 28.9 Å². The molecule has 4 aliphatic carbocycles. The molecule has 4 saturated carbocycles. The quantitative estimate of drug-likeness (QED) is 0.801. The Bertz CT molecular complexity index is 658. The Kier molecular flexibility index (Phi) is 4.75. The van der Waals surface area contributed by atoms with E-state index in [4.69, 9.17) is 5.73 Å². The number of carbonyl (C=O) groups excluding carboxylic acids is 1. The molecule has 1 unspecified atom stereocenters. The van der Waals surface area contributed by atoms with Gasteiger partial charge in [-0.05, 0) is 73.7 Å². The molecule has 4 fully saturated rings. The molecular weight excluding hydrogens is 322 g/mol. The van der Waals surface area contributed by atoms with Crippen LogP contribution >= 0.6 is 0 Å². The molecule has 4 nitrogen and oxygen atoms in total. The van der Waals surface area contributed by atoms with Gasteiger partial charge in [0.25, 0.3) is 0 Å². The summed E-state index contributed by atoms with van der Waals surface area (Å²) in [6.07, 6.45) is 8.14. The van der Waals surface area contributed by atoms with Crippen LogP contribution in [0.2, 0.25) is 0 Å². The third-order valence-corrected chi connectivity index (χ3v) is 7.10. The molecule has 26 heavy (non-hydrogen) atoms.